The lowest BCUT2D eigenvalue weighted by Crippen LogP contribution is -2.44. The molecule has 2 aliphatic rings. The molecule has 2 aromatic rings. The van der Waals surface area contributed by atoms with Crippen molar-refractivity contribution in [2.24, 2.45) is 11.8 Å². The number of hydrogen-bond donors (Lipinski definition) is 0. The van der Waals surface area contributed by atoms with Crippen LogP contribution >= 0.6 is 0 Å². The second-order valence-electron chi connectivity index (χ2n) is 9.32. The van der Waals surface area contributed by atoms with Gasteiger partial charge in [0.2, 0.25) is 0 Å². The highest BCUT2D eigenvalue weighted by Gasteiger charge is 2.38. The first-order valence-electron chi connectivity index (χ1n) is 11.2. The lowest BCUT2D eigenvalue weighted by Gasteiger charge is -2.34. The molecule has 0 aliphatic carbocycles. The number of aryl methyl sites for hydroxylation is 2. The Morgan fingerprint density at radius 1 is 0.939 bits per heavy atom. The number of nitrogens with zero attached hydrogens (tertiary/aromatic N) is 2. The first kappa shape index (κ1) is 22.7. The number of likely N-dealkylation sites (tertiary alicyclic amines) is 1. The van der Waals surface area contributed by atoms with Crippen LogP contribution in [0.25, 0.3) is 0 Å². The van der Waals surface area contributed by atoms with E-state index in [0.29, 0.717) is 30.6 Å². The van der Waals surface area contributed by atoms with Gasteiger partial charge in [-0.05, 0) is 67.5 Å². The summed E-state index contributed by atoms with van der Waals surface area (Å²) in [6.45, 7) is 8.90. The Morgan fingerprint density at radius 3 is 2.30 bits per heavy atom. The van der Waals surface area contributed by atoms with Gasteiger partial charge in [0.05, 0.1) is 22.4 Å². The van der Waals surface area contributed by atoms with Crippen LogP contribution in [0.4, 0.5) is 5.69 Å². The number of piperidine rings is 1. The summed E-state index contributed by atoms with van der Waals surface area (Å²) in [5.74, 6) is -1.01. The fourth-order valence-corrected chi connectivity index (χ4v) is 4.72. The van der Waals surface area contributed by atoms with Gasteiger partial charge in [-0.15, -0.1) is 0 Å². The molecule has 0 N–H and O–H groups in total. The van der Waals surface area contributed by atoms with Gasteiger partial charge < -0.3 is 9.64 Å². The van der Waals surface area contributed by atoms with Crippen LogP contribution in [0, 0.1) is 25.7 Å². The van der Waals surface area contributed by atoms with E-state index in [9.17, 15) is 19.2 Å². The van der Waals surface area contributed by atoms with Gasteiger partial charge in [0.1, 0.15) is 0 Å². The minimum absolute atomic E-state index is 0.130. The molecular formula is C26H28N2O5. The van der Waals surface area contributed by atoms with Gasteiger partial charge >= 0.3 is 5.97 Å². The Kier molecular flexibility index (Phi) is 6.06. The Hall–Kier alpha value is -3.48. The van der Waals surface area contributed by atoms with E-state index in [0.717, 1.165) is 22.4 Å². The molecule has 7 heteroatoms. The maximum absolute atomic E-state index is 13.1. The smallest absolute Gasteiger partial charge is 0.338 e. The Morgan fingerprint density at radius 2 is 1.61 bits per heavy atom. The second kappa shape index (κ2) is 8.81. The van der Waals surface area contributed by atoms with Crippen LogP contribution in [0.3, 0.4) is 0 Å². The minimum atomic E-state index is -0.699. The van der Waals surface area contributed by atoms with Crippen molar-refractivity contribution in [1.82, 2.24) is 4.90 Å². The number of carbonyl (C=O) groups excluding carboxylic acids is 4. The summed E-state index contributed by atoms with van der Waals surface area (Å²) in [5, 5.41) is 0. The summed E-state index contributed by atoms with van der Waals surface area (Å²) in [6, 6.07) is 9.86. The molecule has 2 atom stereocenters. The predicted octanol–water partition coefficient (Wildman–Crippen LogP) is 3.77. The van der Waals surface area contributed by atoms with Crippen molar-refractivity contribution >= 4 is 29.4 Å². The number of anilines is 1. The van der Waals surface area contributed by atoms with Crippen LogP contribution in [0.1, 0.15) is 62.5 Å². The van der Waals surface area contributed by atoms with Crippen molar-refractivity contribution in [2.75, 3.05) is 24.6 Å². The third-order valence-corrected chi connectivity index (χ3v) is 6.28. The summed E-state index contributed by atoms with van der Waals surface area (Å²) in [4.78, 5) is 54.0. The molecule has 2 heterocycles. The van der Waals surface area contributed by atoms with E-state index in [2.05, 4.69) is 13.8 Å². The molecule has 0 saturated carbocycles. The van der Waals surface area contributed by atoms with Gasteiger partial charge in [-0.3, -0.25) is 14.4 Å². The molecular weight excluding hydrogens is 420 g/mol. The van der Waals surface area contributed by atoms with Crippen molar-refractivity contribution in [1.29, 1.82) is 0 Å². The summed E-state index contributed by atoms with van der Waals surface area (Å²) >= 11 is 0. The van der Waals surface area contributed by atoms with E-state index < -0.39 is 17.8 Å². The van der Waals surface area contributed by atoms with Crippen molar-refractivity contribution in [3.63, 3.8) is 0 Å². The van der Waals surface area contributed by atoms with Gasteiger partial charge in [-0.25, -0.2) is 9.69 Å². The van der Waals surface area contributed by atoms with Crippen LogP contribution in [-0.4, -0.2) is 48.3 Å². The maximum atomic E-state index is 13.1. The van der Waals surface area contributed by atoms with Crippen LogP contribution in [-0.2, 0) is 9.53 Å². The minimum Gasteiger partial charge on any atom is -0.452 e. The first-order chi connectivity index (χ1) is 15.7. The summed E-state index contributed by atoms with van der Waals surface area (Å²) in [5.41, 5.74) is 2.78. The molecule has 0 radical (unpaired) electrons. The number of rotatable bonds is 4. The number of benzene rings is 2. The third kappa shape index (κ3) is 4.40. The molecule has 2 aromatic carbocycles. The van der Waals surface area contributed by atoms with E-state index in [1.165, 1.54) is 18.2 Å². The number of amides is 3. The van der Waals surface area contributed by atoms with Crippen LogP contribution in [0.2, 0.25) is 0 Å². The predicted molar refractivity (Wildman–Crippen MR) is 123 cm³/mol. The zero-order chi connectivity index (χ0) is 23.9. The topological polar surface area (TPSA) is 84.0 Å². The average Bonchev–Trinajstić information content (AvgIpc) is 3.02. The molecule has 0 spiro atoms. The number of fused-ring (bicyclic) bond motifs is 1. The molecule has 33 heavy (non-hydrogen) atoms. The molecule has 0 bridgehead atoms. The highest BCUT2D eigenvalue weighted by atomic mass is 16.5. The zero-order valence-electron chi connectivity index (χ0n) is 19.4. The quantitative estimate of drug-likeness (QED) is 0.525. The van der Waals surface area contributed by atoms with Crippen molar-refractivity contribution < 1.29 is 23.9 Å². The van der Waals surface area contributed by atoms with Crippen LogP contribution < -0.4 is 4.90 Å². The van der Waals surface area contributed by atoms with Gasteiger partial charge in [0, 0.05) is 13.1 Å². The lowest BCUT2D eigenvalue weighted by atomic mass is 9.92. The number of imide groups is 1. The molecule has 3 amide bonds. The van der Waals surface area contributed by atoms with Crippen LogP contribution in [0.5, 0.6) is 0 Å². The maximum Gasteiger partial charge on any atom is 0.338 e. The van der Waals surface area contributed by atoms with Crippen molar-refractivity contribution in [3.8, 4) is 0 Å². The largest absolute Gasteiger partial charge is 0.452 e. The van der Waals surface area contributed by atoms with E-state index in [-0.39, 0.29) is 29.2 Å². The number of hydrogen-bond acceptors (Lipinski definition) is 5. The van der Waals surface area contributed by atoms with Gasteiger partial charge in [-0.1, -0.05) is 26.0 Å². The molecule has 0 unspecified atom stereocenters. The zero-order valence-corrected chi connectivity index (χ0v) is 19.4. The number of esters is 1. The fourth-order valence-electron chi connectivity index (χ4n) is 4.72. The van der Waals surface area contributed by atoms with Gasteiger partial charge in [0.25, 0.3) is 17.7 Å². The molecule has 172 valence electrons. The monoisotopic (exact) mass is 448 g/mol. The van der Waals surface area contributed by atoms with Crippen molar-refractivity contribution in [2.45, 2.75) is 34.1 Å². The fraction of sp³-hybridized carbons (Fsp3) is 0.385. The standard InChI is InChI=1S/C26H28N2O5/c1-15-5-6-18(4)22(10-15)28-24(30)20-8-7-19(11-21(20)25(28)31)26(32)33-14-23(29)27-12-16(2)9-17(3)13-27/h5-8,10-11,16-17H,9,12-14H2,1-4H3/t16-,17+. The lowest BCUT2D eigenvalue weighted by molar-refractivity contribution is -0.137. The Balaban J connectivity index is 1.48. The van der Waals surface area contributed by atoms with E-state index in [1.807, 2.05) is 26.0 Å². The molecule has 0 aromatic heterocycles. The first-order valence-corrected chi connectivity index (χ1v) is 11.2. The molecule has 1 fully saturated rings. The molecule has 2 aliphatic heterocycles. The van der Waals surface area contributed by atoms with Crippen molar-refractivity contribution in [3.05, 3.63) is 64.2 Å². The van der Waals surface area contributed by atoms with Crippen LogP contribution in [0.15, 0.2) is 36.4 Å². The summed E-state index contributed by atoms with van der Waals surface area (Å²) in [7, 11) is 0. The SMILES string of the molecule is Cc1ccc(C)c(N2C(=O)c3ccc(C(=O)OCC(=O)N4C[C@H](C)C[C@H](C)C4)cc3C2=O)c1. The molecule has 1 saturated heterocycles. The van der Waals surface area contributed by atoms with E-state index in [1.54, 1.807) is 11.0 Å². The highest BCUT2D eigenvalue weighted by Crippen LogP contribution is 2.32. The summed E-state index contributed by atoms with van der Waals surface area (Å²) in [6.07, 6.45) is 1.07. The van der Waals surface area contributed by atoms with Gasteiger partial charge in [0.15, 0.2) is 6.61 Å². The second-order valence-corrected chi connectivity index (χ2v) is 9.32. The van der Waals surface area contributed by atoms with E-state index >= 15 is 0 Å². The number of ether oxygens (including phenoxy) is 1. The normalized spacial score (nSPS) is 20.1. The number of carbonyl (C=O) groups is 4. The van der Waals surface area contributed by atoms with E-state index in [4.69, 9.17) is 4.74 Å². The third-order valence-electron chi connectivity index (χ3n) is 6.28. The molecule has 7 nitrogen and oxygen atoms in total. The van der Waals surface area contributed by atoms with Gasteiger partial charge in [-0.2, -0.15) is 0 Å². The molecule has 4 rings (SSSR count). The summed E-state index contributed by atoms with van der Waals surface area (Å²) < 4.78 is 5.24. The average molecular weight is 449 g/mol. The highest BCUT2D eigenvalue weighted by molar-refractivity contribution is 6.35. The Bertz CT molecular complexity index is 1150. The Labute approximate surface area is 193 Å².